The maximum Gasteiger partial charge on any atom is 0.438 e. The summed E-state index contributed by atoms with van der Waals surface area (Å²) in [5.74, 6) is 0.0151. The second-order valence-electron chi connectivity index (χ2n) is 12.8. The number of aromatic amines is 2. The van der Waals surface area contributed by atoms with Crippen LogP contribution in [0.3, 0.4) is 0 Å². The molecule has 22 nitrogen and oxygen atoms in total. The molecule has 0 aromatic carbocycles. The van der Waals surface area contributed by atoms with E-state index in [-0.39, 0.29) is 41.4 Å². The third-order valence-electron chi connectivity index (χ3n) is 7.92. The first-order valence-corrected chi connectivity index (χ1v) is 18.3. The maximum atomic E-state index is 14.1. The van der Waals surface area contributed by atoms with Crippen molar-refractivity contribution in [3.63, 3.8) is 0 Å². The van der Waals surface area contributed by atoms with Crippen molar-refractivity contribution >= 4 is 30.2 Å². The zero-order valence-corrected chi connectivity index (χ0v) is 30.4. The first-order valence-electron chi connectivity index (χ1n) is 15.7. The van der Waals surface area contributed by atoms with Crippen LogP contribution in [0.15, 0.2) is 41.8 Å². The Morgan fingerprint density at radius 1 is 0.904 bits per heavy atom. The number of thioether (sulfide) groups is 1. The van der Waals surface area contributed by atoms with Gasteiger partial charge in [-0.1, -0.05) is 42.8 Å². The van der Waals surface area contributed by atoms with Gasteiger partial charge in [0.25, 0.3) is 11.1 Å². The van der Waals surface area contributed by atoms with Gasteiger partial charge in [0, 0.05) is 57.4 Å². The summed E-state index contributed by atoms with van der Waals surface area (Å²) < 4.78 is 44.3. The van der Waals surface area contributed by atoms with Gasteiger partial charge in [0.1, 0.15) is 19.1 Å². The average molecular weight is 769 g/mol. The molecular formula is C28H37N10O12PS. The Labute approximate surface area is 297 Å². The summed E-state index contributed by atoms with van der Waals surface area (Å²) >= 11 is 0.897. The van der Waals surface area contributed by atoms with E-state index in [1.54, 1.807) is 20.8 Å². The number of hydrogen-bond donors (Lipinski definition) is 2. The fraction of sp³-hybridized carbons (Fsp3) is 0.643. The monoisotopic (exact) mass is 768 g/mol. The molecule has 24 heteroatoms. The van der Waals surface area contributed by atoms with E-state index in [0.717, 1.165) is 20.9 Å². The van der Waals surface area contributed by atoms with Crippen LogP contribution in [-0.4, -0.2) is 79.8 Å². The molecular weight excluding hydrogens is 731 g/mol. The maximum absolute atomic E-state index is 14.1. The van der Waals surface area contributed by atoms with Gasteiger partial charge in [-0.25, -0.2) is 18.9 Å². The van der Waals surface area contributed by atoms with E-state index in [1.807, 2.05) is 0 Å². The summed E-state index contributed by atoms with van der Waals surface area (Å²) in [6.07, 6.45) is -2.07. The number of hydrogen-bond acceptors (Lipinski definition) is 15. The number of H-pyrrole nitrogens is 2. The minimum atomic E-state index is -4.95. The number of nitrogens with zero attached hydrogens (tertiary/aromatic N) is 8. The van der Waals surface area contributed by atoms with Crippen molar-refractivity contribution in [1.82, 2.24) is 19.1 Å². The zero-order chi connectivity index (χ0) is 38.4. The highest BCUT2D eigenvalue weighted by atomic mass is 32.2. The van der Waals surface area contributed by atoms with Crippen molar-refractivity contribution in [2.24, 2.45) is 15.6 Å². The Balaban J connectivity index is 1.54. The van der Waals surface area contributed by atoms with Crippen LogP contribution >= 0.6 is 19.4 Å². The molecule has 2 N–H and O–H groups in total. The molecule has 2 aromatic heterocycles. The van der Waals surface area contributed by atoms with E-state index in [2.05, 4.69) is 30.0 Å². The molecule has 2 saturated heterocycles. The SMILES string of the molecule is Cc1cn([C@H]2C[C@H](N=[N+]=[N-])[C@@H](COP(=O)(OC[C@H]3O[C@@H](n4cc(C)c(=O)[nH]c4=O)C[C@@H]3N=[N+]=[N-])C(=O)OCCSC(=O)C(C)(C)C)O2)c(=O)[nH]c1=O. The Hall–Kier alpha value is -4.46. The molecule has 282 valence electrons. The largest absolute Gasteiger partial charge is 0.456 e. The van der Waals surface area contributed by atoms with Crippen LogP contribution in [-0.2, 0) is 32.6 Å². The quantitative estimate of drug-likeness (QED) is 0.0917. The number of nitrogens with one attached hydrogen (secondary N) is 2. The summed E-state index contributed by atoms with van der Waals surface area (Å²) in [4.78, 5) is 84.2. The Bertz CT molecular complexity index is 1940. The molecule has 2 aromatic rings. The normalized spacial score (nSPS) is 24.0. The van der Waals surface area contributed by atoms with Gasteiger partial charge in [-0.2, -0.15) is 0 Å². The second kappa shape index (κ2) is 16.9. The lowest BCUT2D eigenvalue weighted by Gasteiger charge is -2.23. The number of aryl methyl sites for hydroxylation is 2. The van der Waals surface area contributed by atoms with Crippen molar-refractivity contribution in [3.8, 4) is 0 Å². The van der Waals surface area contributed by atoms with Gasteiger partial charge in [0.2, 0.25) is 0 Å². The first kappa shape index (κ1) is 40.3. The minimum Gasteiger partial charge on any atom is -0.456 e. The highest BCUT2D eigenvalue weighted by Crippen LogP contribution is 2.52. The molecule has 0 bridgehead atoms. The number of aromatic nitrogens is 4. The van der Waals surface area contributed by atoms with E-state index in [0.29, 0.717) is 0 Å². The van der Waals surface area contributed by atoms with E-state index in [1.165, 1.54) is 26.2 Å². The number of rotatable bonds is 14. The summed E-state index contributed by atoms with van der Waals surface area (Å²) in [5, 5.41) is 7.18. The lowest BCUT2D eigenvalue weighted by Crippen LogP contribution is -2.33. The van der Waals surface area contributed by atoms with Crippen molar-refractivity contribution in [1.29, 1.82) is 0 Å². The van der Waals surface area contributed by atoms with E-state index < -0.39 is 91.2 Å². The minimum absolute atomic E-state index is 0.0151. The molecule has 0 aliphatic carbocycles. The van der Waals surface area contributed by atoms with Crippen molar-refractivity contribution in [2.75, 3.05) is 25.6 Å². The average Bonchev–Trinajstić information content (AvgIpc) is 3.67. The first-order chi connectivity index (χ1) is 24.5. The van der Waals surface area contributed by atoms with Gasteiger partial charge >= 0.3 is 24.7 Å². The third-order valence-corrected chi connectivity index (χ3v) is 10.7. The summed E-state index contributed by atoms with van der Waals surface area (Å²) in [6.45, 7) is 6.35. The smallest absolute Gasteiger partial charge is 0.438 e. The molecule has 0 spiro atoms. The van der Waals surface area contributed by atoms with Crippen molar-refractivity contribution < 1.29 is 37.4 Å². The van der Waals surface area contributed by atoms with Gasteiger partial charge in [-0.3, -0.25) is 42.5 Å². The number of azide groups is 2. The lowest BCUT2D eigenvalue weighted by atomic mass is 10.00. The third kappa shape index (κ3) is 9.69. The lowest BCUT2D eigenvalue weighted by molar-refractivity contribution is -0.117. The van der Waals surface area contributed by atoms with Crippen LogP contribution in [0.2, 0.25) is 0 Å². The molecule has 2 fully saturated rings. The molecule has 2 aliphatic heterocycles. The predicted molar refractivity (Wildman–Crippen MR) is 183 cm³/mol. The molecule has 0 unspecified atom stereocenters. The molecule has 52 heavy (non-hydrogen) atoms. The van der Waals surface area contributed by atoms with Crippen LogP contribution < -0.4 is 22.5 Å². The molecule has 2 aliphatic rings. The summed E-state index contributed by atoms with van der Waals surface area (Å²) in [6, 6.07) is -1.99. The molecule has 0 saturated carbocycles. The predicted octanol–water partition coefficient (Wildman–Crippen LogP) is 3.31. The highest BCUT2D eigenvalue weighted by molar-refractivity contribution is 8.13. The van der Waals surface area contributed by atoms with Crippen molar-refractivity contribution in [3.05, 3.63) is 86.1 Å². The molecule has 0 radical (unpaired) electrons. The van der Waals surface area contributed by atoms with Gasteiger partial charge < -0.3 is 14.2 Å². The number of carbonyl (C=O) groups is 2. The van der Waals surface area contributed by atoms with Gasteiger partial charge in [-0.15, -0.1) is 0 Å². The van der Waals surface area contributed by atoms with Gasteiger partial charge in [0.15, 0.2) is 5.12 Å². The van der Waals surface area contributed by atoms with Crippen LogP contribution in [0.5, 0.6) is 0 Å². The van der Waals surface area contributed by atoms with Crippen molar-refractivity contribution in [2.45, 2.75) is 84.2 Å². The van der Waals surface area contributed by atoms with Crippen LogP contribution in [0, 0.1) is 19.3 Å². The summed E-state index contributed by atoms with van der Waals surface area (Å²) in [7, 11) is -4.95. The molecule has 4 rings (SSSR count). The fourth-order valence-electron chi connectivity index (χ4n) is 5.09. The topological polar surface area (TPSA) is 305 Å². The van der Waals surface area contributed by atoms with E-state index in [4.69, 9.17) is 34.3 Å². The summed E-state index contributed by atoms with van der Waals surface area (Å²) in [5.41, 5.74) is 13.8. The van der Waals surface area contributed by atoms with E-state index in [9.17, 15) is 33.3 Å². The van der Waals surface area contributed by atoms with Crippen LogP contribution in [0.1, 0.15) is 57.2 Å². The van der Waals surface area contributed by atoms with Crippen LogP contribution in [0.4, 0.5) is 4.79 Å². The van der Waals surface area contributed by atoms with Gasteiger partial charge in [0.05, 0.1) is 37.5 Å². The zero-order valence-electron chi connectivity index (χ0n) is 28.7. The fourth-order valence-corrected chi connectivity index (χ4v) is 7.10. The molecule has 0 amide bonds. The molecule has 6 atom stereocenters. The van der Waals surface area contributed by atoms with E-state index >= 15 is 0 Å². The van der Waals surface area contributed by atoms with Gasteiger partial charge in [-0.05, 0) is 24.9 Å². The van der Waals surface area contributed by atoms with Crippen LogP contribution in [0.25, 0.3) is 20.9 Å². The standard InChI is InChI=1S/C28H37N10O12PS/c1-14-10-37(25(42)31-22(14)39)20-8-16(33-35-29)18(49-20)12-47-51(45,27(44)46-6-7-52-24(41)28(3,4)5)48-13-19-17(34-36-30)9-21(50-19)38-11-15(2)23(40)32-26(38)43/h10-11,16-21H,6-9,12-13H2,1-5H3,(H,31,39,42)(H,32,40,43)/t16-,17-,18+,19+,20+,21+/m0/s1. The second-order valence-corrected chi connectivity index (χ2v) is 15.8. The Kier molecular flexibility index (Phi) is 13.1. The number of carbonyl (C=O) groups excluding carboxylic acids is 2. The molecule has 4 heterocycles. The number of ether oxygens (including phenoxy) is 3. The Morgan fingerprint density at radius 2 is 1.35 bits per heavy atom. The highest BCUT2D eigenvalue weighted by Gasteiger charge is 2.45. The Morgan fingerprint density at radius 3 is 1.75 bits per heavy atom.